The van der Waals surface area contributed by atoms with E-state index in [9.17, 15) is 9.59 Å². The molecule has 144 valence electrons. The third-order valence-electron chi connectivity index (χ3n) is 3.83. The van der Waals surface area contributed by atoms with Crippen LogP contribution in [0.1, 0.15) is 42.2 Å². The highest BCUT2D eigenvalue weighted by Gasteiger charge is 2.20. The molecule has 0 radical (unpaired) electrons. The number of primary amides is 1. The molecular formula is C20H25N3O4. The van der Waals surface area contributed by atoms with Crippen LogP contribution in [0.3, 0.4) is 0 Å². The Morgan fingerprint density at radius 1 is 1.04 bits per heavy atom. The molecule has 1 atom stereocenters. The maximum Gasteiger partial charge on any atom is 0.251 e. The summed E-state index contributed by atoms with van der Waals surface area (Å²) in [5, 5.41) is 2.84. The Morgan fingerprint density at radius 2 is 1.74 bits per heavy atom. The third-order valence-corrected chi connectivity index (χ3v) is 3.83. The molecule has 2 aromatic rings. The van der Waals surface area contributed by atoms with Crippen LogP contribution in [0, 0.1) is 0 Å². The van der Waals surface area contributed by atoms with Gasteiger partial charge in [0.25, 0.3) is 5.91 Å². The van der Waals surface area contributed by atoms with E-state index < -0.39 is 11.9 Å². The van der Waals surface area contributed by atoms with Gasteiger partial charge in [-0.15, -0.1) is 0 Å². The molecule has 0 saturated heterocycles. The molecule has 2 rings (SSSR count). The van der Waals surface area contributed by atoms with Gasteiger partial charge in [0.2, 0.25) is 5.91 Å². The zero-order valence-corrected chi connectivity index (χ0v) is 15.5. The Balaban J connectivity index is 2.31. The average molecular weight is 371 g/mol. The molecule has 0 aliphatic carbocycles. The number of carbonyl (C=O) groups is 2. The Hall–Kier alpha value is -3.22. The Labute approximate surface area is 158 Å². The number of ether oxygens (including phenoxy) is 2. The van der Waals surface area contributed by atoms with Crippen LogP contribution in [0.15, 0.2) is 42.5 Å². The molecule has 0 bridgehead atoms. The number of nitrogens with one attached hydrogen (secondary N) is 1. The van der Waals surface area contributed by atoms with Gasteiger partial charge < -0.3 is 26.3 Å². The lowest BCUT2D eigenvalue weighted by atomic mass is 10.0. The topological polar surface area (TPSA) is 117 Å². The first kappa shape index (κ1) is 20.1. The summed E-state index contributed by atoms with van der Waals surface area (Å²) in [6.45, 7) is 4.70. The smallest absolute Gasteiger partial charge is 0.251 e. The summed E-state index contributed by atoms with van der Waals surface area (Å²) in [6.07, 6.45) is -0.0480. The van der Waals surface area contributed by atoms with Crippen molar-refractivity contribution >= 4 is 17.5 Å². The van der Waals surface area contributed by atoms with Crippen molar-refractivity contribution in [1.29, 1.82) is 0 Å². The van der Waals surface area contributed by atoms with Crippen LogP contribution in [-0.2, 0) is 4.79 Å². The second-order valence-corrected chi connectivity index (χ2v) is 5.89. The van der Waals surface area contributed by atoms with E-state index in [0.717, 1.165) is 0 Å². The summed E-state index contributed by atoms with van der Waals surface area (Å²) in [7, 11) is 0. The fourth-order valence-electron chi connectivity index (χ4n) is 2.66. The molecule has 1 unspecified atom stereocenters. The van der Waals surface area contributed by atoms with Crippen LogP contribution in [0.5, 0.6) is 11.5 Å². The highest BCUT2D eigenvalue weighted by molar-refractivity contribution is 5.95. The van der Waals surface area contributed by atoms with Crippen LogP contribution in [0.2, 0.25) is 0 Å². The van der Waals surface area contributed by atoms with Gasteiger partial charge in [0.05, 0.1) is 25.7 Å². The molecule has 27 heavy (non-hydrogen) atoms. The van der Waals surface area contributed by atoms with E-state index in [1.54, 1.807) is 42.5 Å². The molecule has 2 amide bonds. The van der Waals surface area contributed by atoms with Crippen molar-refractivity contribution in [3.8, 4) is 11.5 Å². The van der Waals surface area contributed by atoms with Gasteiger partial charge in [-0.1, -0.05) is 12.1 Å². The molecule has 0 spiro atoms. The van der Waals surface area contributed by atoms with Crippen molar-refractivity contribution < 1.29 is 19.1 Å². The SMILES string of the molecule is CCOc1ccc(C(CC(N)=O)NC(=O)c2cccc(N)c2)cc1OCC. The quantitative estimate of drug-likeness (QED) is 0.585. The van der Waals surface area contributed by atoms with Gasteiger partial charge in [0.15, 0.2) is 11.5 Å². The first-order valence-electron chi connectivity index (χ1n) is 8.78. The maximum absolute atomic E-state index is 12.6. The van der Waals surface area contributed by atoms with Crippen molar-refractivity contribution in [3.63, 3.8) is 0 Å². The minimum atomic E-state index is -0.605. The van der Waals surface area contributed by atoms with Crippen LogP contribution < -0.4 is 26.3 Å². The first-order valence-corrected chi connectivity index (χ1v) is 8.78. The van der Waals surface area contributed by atoms with Gasteiger partial charge in [0.1, 0.15) is 0 Å². The van der Waals surface area contributed by atoms with E-state index in [4.69, 9.17) is 20.9 Å². The standard InChI is InChI=1S/C20H25N3O4/c1-3-26-17-9-8-13(11-18(17)27-4-2)16(12-19(22)24)23-20(25)14-6-5-7-15(21)10-14/h5-11,16H,3-4,12,21H2,1-2H3,(H2,22,24)(H,23,25). The summed E-state index contributed by atoms with van der Waals surface area (Å²) < 4.78 is 11.2. The van der Waals surface area contributed by atoms with Crippen molar-refractivity contribution in [1.82, 2.24) is 5.32 Å². The molecule has 2 aromatic carbocycles. The highest BCUT2D eigenvalue weighted by atomic mass is 16.5. The Kier molecular flexibility index (Phi) is 7.05. The minimum absolute atomic E-state index is 0.0480. The number of nitrogens with two attached hydrogens (primary N) is 2. The number of anilines is 1. The monoisotopic (exact) mass is 371 g/mol. The van der Waals surface area contributed by atoms with Crippen LogP contribution in [0.4, 0.5) is 5.69 Å². The van der Waals surface area contributed by atoms with E-state index >= 15 is 0 Å². The lowest BCUT2D eigenvalue weighted by Gasteiger charge is -2.20. The van der Waals surface area contributed by atoms with Gasteiger partial charge in [-0.3, -0.25) is 9.59 Å². The van der Waals surface area contributed by atoms with Crippen molar-refractivity contribution in [2.45, 2.75) is 26.3 Å². The van der Waals surface area contributed by atoms with E-state index in [-0.39, 0.29) is 12.3 Å². The van der Waals surface area contributed by atoms with Gasteiger partial charge in [0, 0.05) is 11.3 Å². The maximum atomic E-state index is 12.6. The van der Waals surface area contributed by atoms with E-state index in [1.807, 2.05) is 13.8 Å². The van der Waals surface area contributed by atoms with Gasteiger partial charge >= 0.3 is 0 Å². The summed E-state index contributed by atoms with van der Waals surface area (Å²) in [6, 6.07) is 11.3. The predicted molar refractivity (Wildman–Crippen MR) is 104 cm³/mol. The lowest BCUT2D eigenvalue weighted by Crippen LogP contribution is -2.31. The minimum Gasteiger partial charge on any atom is -0.490 e. The number of benzene rings is 2. The number of rotatable bonds is 9. The van der Waals surface area contributed by atoms with E-state index in [0.29, 0.717) is 41.5 Å². The fourth-order valence-corrected chi connectivity index (χ4v) is 2.66. The van der Waals surface area contributed by atoms with Crippen molar-refractivity contribution in [2.75, 3.05) is 18.9 Å². The molecule has 0 heterocycles. The van der Waals surface area contributed by atoms with Crippen molar-refractivity contribution in [2.24, 2.45) is 5.73 Å². The molecule has 0 saturated carbocycles. The Morgan fingerprint density at radius 3 is 2.37 bits per heavy atom. The molecule has 0 aliphatic rings. The van der Waals surface area contributed by atoms with E-state index in [2.05, 4.69) is 5.32 Å². The number of nitrogen functional groups attached to an aromatic ring is 1. The largest absolute Gasteiger partial charge is 0.490 e. The number of carbonyl (C=O) groups excluding carboxylic acids is 2. The van der Waals surface area contributed by atoms with Crippen LogP contribution >= 0.6 is 0 Å². The lowest BCUT2D eigenvalue weighted by molar-refractivity contribution is -0.118. The second-order valence-electron chi connectivity index (χ2n) is 5.89. The normalized spacial score (nSPS) is 11.5. The van der Waals surface area contributed by atoms with Gasteiger partial charge in [-0.2, -0.15) is 0 Å². The number of hydrogen-bond donors (Lipinski definition) is 3. The van der Waals surface area contributed by atoms with Gasteiger partial charge in [-0.25, -0.2) is 0 Å². The fraction of sp³-hybridized carbons (Fsp3) is 0.300. The Bertz CT molecular complexity index is 808. The molecule has 5 N–H and O–H groups in total. The number of hydrogen-bond acceptors (Lipinski definition) is 5. The highest BCUT2D eigenvalue weighted by Crippen LogP contribution is 2.31. The summed E-state index contributed by atoms with van der Waals surface area (Å²) >= 11 is 0. The van der Waals surface area contributed by atoms with E-state index in [1.165, 1.54) is 0 Å². The summed E-state index contributed by atoms with van der Waals surface area (Å²) in [4.78, 5) is 24.1. The molecule has 7 nitrogen and oxygen atoms in total. The molecule has 0 aliphatic heterocycles. The zero-order valence-electron chi connectivity index (χ0n) is 15.5. The summed E-state index contributed by atoms with van der Waals surface area (Å²) in [5.41, 5.74) is 12.7. The molecular weight excluding hydrogens is 346 g/mol. The number of amides is 2. The van der Waals surface area contributed by atoms with Crippen LogP contribution in [0.25, 0.3) is 0 Å². The summed E-state index contributed by atoms with van der Waals surface area (Å²) in [5.74, 6) is 0.271. The molecule has 7 heteroatoms. The van der Waals surface area contributed by atoms with Crippen molar-refractivity contribution in [3.05, 3.63) is 53.6 Å². The first-order chi connectivity index (χ1) is 12.9. The van der Waals surface area contributed by atoms with Crippen LogP contribution in [-0.4, -0.2) is 25.0 Å². The molecule has 0 aromatic heterocycles. The zero-order chi connectivity index (χ0) is 19.8. The predicted octanol–water partition coefficient (Wildman–Crippen LogP) is 2.41. The second kappa shape index (κ2) is 9.47. The molecule has 0 fully saturated rings. The third kappa shape index (κ3) is 5.64. The van der Waals surface area contributed by atoms with Gasteiger partial charge in [-0.05, 0) is 49.7 Å². The average Bonchev–Trinajstić information content (AvgIpc) is 2.62.